The van der Waals surface area contributed by atoms with Gasteiger partial charge in [0.1, 0.15) is 18.3 Å². The second-order valence-corrected chi connectivity index (χ2v) is 9.86. The standard InChI is InChI=1S/C21H27ClO6S2/c1-5-25-20(29)30-15(11-10-14(23)12-6-8-13(22)9-7-12)16-17(24-4)18-19(26-16)28-21(2,3)27-18/h6-9,15-19H,5,10-11H2,1-4H3/t15?,16-,17+,18-,19-/m1/s1. The van der Waals surface area contributed by atoms with Crippen LogP contribution in [0.25, 0.3) is 0 Å². The van der Waals surface area contributed by atoms with Crippen molar-refractivity contribution in [1.29, 1.82) is 0 Å². The number of carbonyl (C=O) groups excluding carboxylic acids is 1. The van der Waals surface area contributed by atoms with Gasteiger partial charge in [0.2, 0.25) is 4.38 Å². The van der Waals surface area contributed by atoms with Gasteiger partial charge in [0.25, 0.3) is 0 Å². The van der Waals surface area contributed by atoms with E-state index in [-0.39, 0.29) is 29.3 Å². The van der Waals surface area contributed by atoms with Gasteiger partial charge in [-0.2, -0.15) is 0 Å². The van der Waals surface area contributed by atoms with E-state index in [1.54, 1.807) is 31.4 Å². The number of fused-ring (bicyclic) bond motifs is 1. The average Bonchev–Trinajstić information content (AvgIpc) is 3.16. The molecule has 2 aliphatic heterocycles. The van der Waals surface area contributed by atoms with Crippen LogP contribution in [0, 0.1) is 0 Å². The molecule has 30 heavy (non-hydrogen) atoms. The first-order valence-electron chi connectivity index (χ1n) is 9.90. The van der Waals surface area contributed by atoms with Crippen LogP contribution in [-0.4, -0.2) is 59.5 Å². The van der Waals surface area contributed by atoms with Crippen molar-refractivity contribution >= 4 is 45.7 Å². The normalized spacial score (nSPS) is 28.2. The van der Waals surface area contributed by atoms with Crippen LogP contribution in [0.1, 0.15) is 44.0 Å². The maximum absolute atomic E-state index is 12.7. The molecule has 2 saturated heterocycles. The summed E-state index contributed by atoms with van der Waals surface area (Å²) in [5.74, 6) is -0.703. The van der Waals surface area contributed by atoms with Gasteiger partial charge in [-0.15, -0.1) is 0 Å². The number of methoxy groups -OCH3 is 1. The summed E-state index contributed by atoms with van der Waals surface area (Å²) in [5, 5.41) is 0.435. The summed E-state index contributed by atoms with van der Waals surface area (Å²) < 4.78 is 29.7. The van der Waals surface area contributed by atoms with Crippen LogP contribution in [0.2, 0.25) is 5.02 Å². The molecule has 0 aliphatic carbocycles. The van der Waals surface area contributed by atoms with Crippen LogP contribution in [-0.2, 0) is 23.7 Å². The Bertz CT molecular complexity index is 756. The molecule has 1 unspecified atom stereocenters. The first-order chi connectivity index (χ1) is 14.2. The Labute approximate surface area is 191 Å². The van der Waals surface area contributed by atoms with Crippen molar-refractivity contribution in [2.45, 2.75) is 69.3 Å². The average molecular weight is 475 g/mol. The third-order valence-corrected chi connectivity index (χ3v) is 6.77. The SMILES string of the molecule is CCOC(=S)SC(CCC(=O)c1ccc(Cl)cc1)[C@H]1O[C@@H]2OC(C)(C)O[C@@H]2[C@H]1OC. The van der Waals surface area contributed by atoms with Crippen molar-refractivity contribution < 1.29 is 28.5 Å². The van der Waals surface area contributed by atoms with E-state index in [1.807, 2.05) is 20.8 Å². The van der Waals surface area contributed by atoms with E-state index in [4.69, 9.17) is 47.5 Å². The lowest BCUT2D eigenvalue weighted by molar-refractivity contribution is -0.216. The molecule has 0 amide bonds. The smallest absolute Gasteiger partial charge is 0.220 e. The fourth-order valence-electron chi connectivity index (χ4n) is 3.69. The molecule has 1 aromatic carbocycles. The van der Waals surface area contributed by atoms with Crippen LogP contribution < -0.4 is 0 Å². The molecule has 2 aliphatic rings. The van der Waals surface area contributed by atoms with Crippen molar-refractivity contribution in [3.05, 3.63) is 34.9 Å². The zero-order chi connectivity index (χ0) is 21.9. The monoisotopic (exact) mass is 474 g/mol. The summed E-state index contributed by atoms with van der Waals surface area (Å²) in [7, 11) is 1.62. The molecule has 0 N–H and O–H groups in total. The molecule has 3 rings (SSSR count). The topological polar surface area (TPSA) is 63.2 Å². The van der Waals surface area contributed by atoms with E-state index in [0.717, 1.165) is 0 Å². The number of hydrogen-bond donors (Lipinski definition) is 0. The number of benzene rings is 1. The van der Waals surface area contributed by atoms with Gasteiger partial charge in [0.05, 0.1) is 6.61 Å². The first-order valence-corrected chi connectivity index (χ1v) is 11.6. The number of carbonyl (C=O) groups is 1. The van der Waals surface area contributed by atoms with Gasteiger partial charge in [-0.25, -0.2) is 0 Å². The molecule has 0 spiro atoms. The number of halogens is 1. The molecule has 9 heteroatoms. The summed E-state index contributed by atoms with van der Waals surface area (Å²) >= 11 is 12.6. The second-order valence-electron chi connectivity index (χ2n) is 7.58. The lowest BCUT2D eigenvalue weighted by atomic mass is 10.0. The molecule has 166 valence electrons. The van der Waals surface area contributed by atoms with Gasteiger partial charge in [-0.1, -0.05) is 23.4 Å². The maximum atomic E-state index is 12.7. The number of Topliss-reactive ketones (excluding diaryl/α,β-unsaturated/α-hetero) is 1. The third-order valence-electron chi connectivity index (χ3n) is 5.00. The highest BCUT2D eigenvalue weighted by molar-refractivity contribution is 8.23. The summed E-state index contributed by atoms with van der Waals surface area (Å²) in [4.78, 5) is 12.7. The Balaban J connectivity index is 1.71. The highest BCUT2D eigenvalue weighted by Crippen LogP contribution is 2.42. The molecule has 0 aromatic heterocycles. The minimum absolute atomic E-state index is 0.0281. The highest BCUT2D eigenvalue weighted by atomic mass is 35.5. The number of rotatable bonds is 8. The predicted octanol–water partition coefficient (Wildman–Crippen LogP) is 4.62. The van der Waals surface area contributed by atoms with Crippen molar-refractivity contribution in [1.82, 2.24) is 0 Å². The van der Waals surface area contributed by atoms with E-state index in [2.05, 4.69) is 0 Å². The molecule has 1 aromatic rings. The van der Waals surface area contributed by atoms with Crippen LogP contribution >= 0.6 is 35.6 Å². The quantitative estimate of drug-likeness (QED) is 0.399. The molecule has 0 saturated carbocycles. The fraction of sp³-hybridized carbons (Fsp3) is 0.619. The largest absolute Gasteiger partial charge is 0.479 e. The van der Waals surface area contributed by atoms with Crippen LogP contribution in [0.5, 0.6) is 0 Å². The molecule has 0 radical (unpaired) electrons. The fourth-order valence-corrected chi connectivity index (χ4v) is 5.33. The van der Waals surface area contributed by atoms with Gasteiger partial charge in [-0.3, -0.25) is 4.79 Å². The van der Waals surface area contributed by atoms with Crippen molar-refractivity contribution in [2.24, 2.45) is 0 Å². The Kier molecular flexibility index (Phi) is 8.17. The summed E-state index contributed by atoms with van der Waals surface area (Å²) in [6.07, 6.45) is -0.706. The van der Waals surface area contributed by atoms with Crippen molar-refractivity contribution in [3.63, 3.8) is 0 Å². The summed E-state index contributed by atoms with van der Waals surface area (Å²) in [6, 6.07) is 6.89. The predicted molar refractivity (Wildman–Crippen MR) is 120 cm³/mol. The van der Waals surface area contributed by atoms with Crippen LogP contribution in [0.3, 0.4) is 0 Å². The number of hydrogen-bond acceptors (Lipinski definition) is 8. The molecular weight excluding hydrogens is 448 g/mol. The number of ketones is 1. The lowest BCUT2D eigenvalue weighted by Crippen LogP contribution is -2.41. The Morgan fingerprint density at radius 2 is 2.00 bits per heavy atom. The van der Waals surface area contributed by atoms with Crippen LogP contribution in [0.15, 0.2) is 24.3 Å². The zero-order valence-corrected chi connectivity index (χ0v) is 19.9. The van der Waals surface area contributed by atoms with Gasteiger partial charge in [0.15, 0.2) is 17.9 Å². The second kappa shape index (κ2) is 10.3. The third kappa shape index (κ3) is 5.73. The summed E-state index contributed by atoms with van der Waals surface area (Å²) in [5.41, 5.74) is 0.622. The van der Waals surface area contributed by atoms with E-state index < -0.39 is 12.1 Å². The van der Waals surface area contributed by atoms with Crippen molar-refractivity contribution in [2.75, 3.05) is 13.7 Å². The maximum Gasteiger partial charge on any atom is 0.220 e. The summed E-state index contributed by atoms with van der Waals surface area (Å²) in [6.45, 7) is 6.05. The Morgan fingerprint density at radius 1 is 1.30 bits per heavy atom. The number of ether oxygens (including phenoxy) is 5. The molecule has 2 heterocycles. The molecule has 0 bridgehead atoms. The van der Waals surface area contributed by atoms with Gasteiger partial charge < -0.3 is 23.7 Å². The number of thiocarbonyl (C=S) groups is 1. The van der Waals surface area contributed by atoms with E-state index in [9.17, 15) is 4.79 Å². The number of thioether (sulfide) groups is 1. The van der Waals surface area contributed by atoms with E-state index >= 15 is 0 Å². The van der Waals surface area contributed by atoms with Crippen molar-refractivity contribution in [3.8, 4) is 0 Å². The molecule has 6 nitrogen and oxygen atoms in total. The van der Waals surface area contributed by atoms with Gasteiger partial charge in [-0.05, 0) is 63.7 Å². The molecule has 5 atom stereocenters. The Hall–Kier alpha value is -0.740. The van der Waals surface area contributed by atoms with Gasteiger partial charge in [0, 0.05) is 29.4 Å². The van der Waals surface area contributed by atoms with Crippen LogP contribution in [0.4, 0.5) is 0 Å². The highest BCUT2D eigenvalue weighted by Gasteiger charge is 2.57. The van der Waals surface area contributed by atoms with E-state index in [1.165, 1.54) is 11.8 Å². The van der Waals surface area contributed by atoms with Gasteiger partial charge >= 0.3 is 0 Å². The zero-order valence-electron chi connectivity index (χ0n) is 17.5. The molecule has 2 fully saturated rings. The van der Waals surface area contributed by atoms with E-state index in [0.29, 0.717) is 34.4 Å². The Morgan fingerprint density at radius 3 is 2.63 bits per heavy atom. The molecular formula is C21H27ClO6S2. The minimum atomic E-state index is -0.731. The minimum Gasteiger partial charge on any atom is -0.479 e. The lowest BCUT2D eigenvalue weighted by Gasteiger charge is -2.30. The first kappa shape index (κ1) is 23.9.